The molecule has 2 atom stereocenters. The quantitative estimate of drug-likeness (QED) is 0.251. The molecule has 182 valence electrons. The summed E-state index contributed by atoms with van der Waals surface area (Å²) in [6.07, 6.45) is 2.96. The van der Waals surface area contributed by atoms with Gasteiger partial charge in [0.25, 0.3) is 0 Å². The molecule has 1 amide bonds. The molecule has 0 aliphatic carbocycles. The summed E-state index contributed by atoms with van der Waals surface area (Å²) >= 11 is 0. The molecule has 0 spiro atoms. The lowest BCUT2D eigenvalue weighted by Gasteiger charge is -2.34. The normalized spacial score (nSPS) is 17.8. The number of nitrogens with zero attached hydrogens (tertiary/aromatic N) is 2. The summed E-state index contributed by atoms with van der Waals surface area (Å²) in [6, 6.07) is 9.70. The molecule has 8 heteroatoms. The van der Waals surface area contributed by atoms with Crippen LogP contribution < -0.4 is 10.6 Å². The molecule has 1 aromatic rings. The van der Waals surface area contributed by atoms with Gasteiger partial charge in [-0.25, -0.2) is 4.79 Å². The van der Waals surface area contributed by atoms with Crippen molar-refractivity contribution in [1.82, 2.24) is 15.5 Å². The van der Waals surface area contributed by atoms with Crippen molar-refractivity contribution in [2.24, 2.45) is 10.9 Å². The highest BCUT2D eigenvalue weighted by atomic mass is 127. The third kappa shape index (κ3) is 10.8. The van der Waals surface area contributed by atoms with Gasteiger partial charge < -0.3 is 25.4 Å². The number of aliphatic hydroxyl groups excluding tert-OH is 1. The summed E-state index contributed by atoms with van der Waals surface area (Å²) in [5.74, 6) is 1.20. The Labute approximate surface area is 210 Å². The molecule has 1 aromatic carbocycles. The molecule has 1 saturated heterocycles. The minimum atomic E-state index is -0.488. The van der Waals surface area contributed by atoms with Gasteiger partial charge in [0.2, 0.25) is 0 Å². The summed E-state index contributed by atoms with van der Waals surface area (Å²) in [7, 11) is 0. The number of nitrogens with one attached hydrogen (secondary N) is 2. The van der Waals surface area contributed by atoms with E-state index in [0.29, 0.717) is 25.4 Å². The first-order valence-electron chi connectivity index (χ1n) is 11.5. The monoisotopic (exact) mass is 560 g/mol. The molecule has 1 aliphatic rings. The Morgan fingerprint density at radius 3 is 2.66 bits per heavy atom. The average Bonchev–Trinajstić information content (AvgIpc) is 2.73. The van der Waals surface area contributed by atoms with E-state index in [9.17, 15) is 9.90 Å². The summed E-state index contributed by atoms with van der Waals surface area (Å²) in [6.45, 7) is 11.3. The van der Waals surface area contributed by atoms with E-state index in [1.165, 1.54) is 0 Å². The van der Waals surface area contributed by atoms with E-state index in [1.54, 1.807) is 0 Å². The van der Waals surface area contributed by atoms with E-state index in [2.05, 4.69) is 15.6 Å². The molecular formula is C24H41IN4O3. The predicted octanol–water partition coefficient (Wildman–Crippen LogP) is 4.32. The van der Waals surface area contributed by atoms with Crippen LogP contribution in [-0.2, 0) is 4.74 Å². The number of halogens is 1. The highest BCUT2D eigenvalue weighted by Crippen LogP contribution is 2.21. The van der Waals surface area contributed by atoms with Crippen LogP contribution in [0.1, 0.15) is 65.0 Å². The molecule has 1 heterocycles. The van der Waals surface area contributed by atoms with E-state index in [-0.39, 0.29) is 30.1 Å². The van der Waals surface area contributed by atoms with E-state index in [4.69, 9.17) is 4.74 Å². The highest BCUT2D eigenvalue weighted by Gasteiger charge is 2.27. The molecule has 0 bridgehead atoms. The van der Waals surface area contributed by atoms with E-state index >= 15 is 0 Å². The van der Waals surface area contributed by atoms with Gasteiger partial charge in [0.15, 0.2) is 5.96 Å². The van der Waals surface area contributed by atoms with Crippen LogP contribution >= 0.6 is 24.0 Å². The van der Waals surface area contributed by atoms with E-state index in [1.807, 2.05) is 62.9 Å². The number of rotatable bonds is 8. The molecule has 3 N–H and O–H groups in total. The average molecular weight is 561 g/mol. The molecule has 0 radical (unpaired) electrons. The number of carbonyl (C=O) groups excluding carboxylic acids is 1. The summed E-state index contributed by atoms with van der Waals surface area (Å²) in [4.78, 5) is 18.9. The fourth-order valence-corrected chi connectivity index (χ4v) is 3.66. The van der Waals surface area contributed by atoms with Crippen molar-refractivity contribution in [3.8, 4) is 0 Å². The van der Waals surface area contributed by atoms with Gasteiger partial charge >= 0.3 is 6.09 Å². The highest BCUT2D eigenvalue weighted by molar-refractivity contribution is 14.0. The summed E-state index contributed by atoms with van der Waals surface area (Å²) in [5.41, 5.74) is 0.465. The number of guanidine groups is 1. The molecule has 2 rings (SSSR count). The number of ether oxygens (including phenoxy) is 1. The van der Waals surface area contributed by atoms with Gasteiger partial charge in [-0.05, 0) is 64.9 Å². The third-order valence-corrected chi connectivity index (χ3v) is 5.22. The fourth-order valence-electron chi connectivity index (χ4n) is 3.66. The second-order valence-corrected chi connectivity index (χ2v) is 9.13. The van der Waals surface area contributed by atoms with Crippen LogP contribution in [0.25, 0.3) is 0 Å². The lowest BCUT2D eigenvalue weighted by atomic mass is 9.95. The number of aliphatic imine (C=N–C) groups is 1. The zero-order valence-electron chi connectivity index (χ0n) is 20.0. The zero-order chi connectivity index (χ0) is 22.7. The van der Waals surface area contributed by atoms with Gasteiger partial charge in [-0.1, -0.05) is 30.3 Å². The smallest absolute Gasteiger partial charge is 0.410 e. The number of benzene rings is 1. The van der Waals surface area contributed by atoms with Gasteiger partial charge in [-0.15, -0.1) is 24.0 Å². The van der Waals surface area contributed by atoms with Crippen LogP contribution in [-0.4, -0.2) is 60.4 Å². The van der Waals surface area contributed by atoms with Crippen molar-refractivity contribution in [3.05, 3.63) is 35.9 Å². The van der Waals surface area contributed by atoms with Crippen LogP contribution in [0, 0.1) is 5.92 Å². The van der Waals surface area contributed by atoms with Crippen molar-refractivity contribution in [2.45, 2.75) is 65.1 Å². The number of piperidine rings is 1. The molecule has 7 nitrogen and oxygen atoms in total. The first kappa shape index (κ1) is 28.5. The Morgan fingerprint density at radius 1 is 1.28 bits per heavy atom. The zero-order valence-corrected chi connectivity index (χ0v) is 22.3. The standard InChI is InChI=1S/C24H40N4O3.HI/c1-5-25-22(27-16-14-21(29)20-11-7-6-8-12-20)26-15-13-19-10-9-17-28(18-19)23(30)31-24(2,3)4;/h6-8,11-12,19,21,29H,5,9-10,13-18H2,1-4H3,(H2,25,26,27);1H. The number of hydrogen-bond donors (Lipinski definition) is 3. The van der Waals surface area contributed by atoms with Gasteiger partial charge in [0.05, 0.1) is 6.10 Å². The van der Waals surface area contributed by atoms with Gasteiger partial charge in [0.1, 0.15) is 5.60 Å². The predicted molar refractivity (Wildman–Crippen MR) is 141 cm³/mol. The minimum Gasteiger partial charge on any atom is -0.444 e. The number of carbonyl (C=O) groups is 1. The van der Waals surface area contributed by atoms with Crippen molar-refractivity contribution < 1.29 is 14.6 Å². The van der Waals surface area contributed by atoms with Crippen LogP contribution in [0.4, 0.5) is 4.79 Å². The van der Waals surface area contributed by atoms with Crippen molar-refractivity contribution in [2.75, 3.05) is 32.7 Å². The van der Waals surface area contributed by atoms with E-state index < -0.39 is 11.7 Å². The van der Waals surface area contributed by atoms with Gasteiger partial charge in [0, 0.05) is 32.7 Å². The molecule has 2 unspecified atom stereocenters. The Balaban J connectivity index is 0.00000512. The van der Waals surface area contributed by atoms with Gasteiger partial charge in [-0.2, -0.15) is 0 Å². The first-order valence-corrected chi connectivity index (χ1v) is 11.5. The van der Waals surface area contributed by atoms with Crippen molar-refractivity contribution in [1.29, 1.82) is 0 Å². The van der Waals surface area contributed by atoms with Crippen LogP contribution in [0.15, 0.2) is 35.3 Å². The maximum atomic E-state index is 12.3. The maximum Gasteiger partial charge on any atom is 0.410 e. The Morgan fingerprint density at radius 2 is 2.00 bits per heavy atom. The van der Waals surface area contributed by atoms with Crippen LogP contribution in [0.2, 0.25) is 0 Å². The lowest BCUT2D eigenvalue weighted by Crippen LogP contribution is -2.43. The molecule has 1 fully saturated rings. The van der Waals surface area contributed by atoms with Crippen molar-refractivity contribution in [3.63, 3.8) is 0 Å². The van der Waals surface area contributed by atoms with E-state index in [0.717, 1.165) is 50.4 Å². The number of hydrogen-bond acceptors (Lipinski definition) is 4. The SMILES string of the molecule is CCNC(=NCCC1CCCN(C(=O)OC(C)(C)C)C1)NCCC(O)c1ccccc1.I. The number of amides is 1. The Hall–Kier alpha value is -1.55. The molecular weight excluding hydrogens is 519 g/mol. The number of aliphatic hydroxyl groups is 1. The molecule has 1 aliphatic heterocycles. The summed E-state index contributed by atoms with van der Waals surface area (Å²) < 4.78 is 5.51. The van der Waals surface area contributed by atoms with Gasteiger partial charge in [-0.3, -0.25) is 4.99 Å². The molecule has 0 saturated carbocycles. The second-order valence-electron chi connectivity index (χ2n) is 9.13. The third-order valence-electron chi connectivity index (χ3n) is 5.22. The number of likely N-dealkylation sites (tertiary alicyclic amines) is 1. The van der Waals surface area contributed by atoms with Crippen molar-refractivity contribution >= 4 is 36.0 Å². The topological polar surface area (TPSA) is 86.2 Å². The van der Waals surface area contributed by atoms with Crippen LogP contribution in [0.5, 0.6) is 0 Å². The molecule has 0 aromatic heterocycles. The largest absolute Gasteiger partial charge is 0.444 e. The van der Waals surface area contributed by atoms with Crippen LogP contribution in [0.3, 0.4) is 0 Å². The second kappa shape index (κ2) is 14.6. The maximum absolute atomic E-state index is 12.3. The summed E-state index contributed by atoms with van der Waals surface area (Å²) in [5, 5.41) is 16.9. The lowest BCUT2D eigenvalue weighted by molar-refractivity contribution is 0.0163. The minimum absolute atomic E-state index is 0. The Kier molecular flexibility index (Phi) is 13.0. The fraction of sp³-hybridized carbons (Fsp3) is 0.667. The molecule has 32 heavy (non-hydrogen) atoms. The Bertz CT molecular complexity index is 694. The first-order chi connectivity index (χ1) is 14.8.